The number of halogens is 3. The first-order valence-corrected chi connectivity index (χ1v) is 11.7. The topological polar surface area (TPSA) is 136 Å². The van der Waals surface area contributed by atoms with Crippen LogP contribution in [0.2, 0.25) is 0 Å². The van der Waals surface area contributed by atoms with Gasteiger partial charge in [-0.3, -0.25) is 14.3 Å². The lowest BCUT2D eigenvalue weighted by Crippen LogP contribution is -2.36. The van der Waals surface area contributed by atoms with E-state index in [4.69, 9.17) is 10.5 Å². The molecule has 12 heteroatoms. The molecule has 3 aromatic rings. The molecule has 39 heavy (non-hydrogen) atoms. The molecule has 0 saturated heterocycles. The minimum Gasteiger partial charge on any atom is -0.482 e. The Bertz CT molecular complexity index is 1380. The van der Waals surface area contributed by atoms with Crippen LogP contribution >= 0.6 is 12.4 Å². The first kappa shape index (κ1) is 31.0. The van der Waals surface area contributed by atoms with E-state index >= 15 is 0 Å². The number of nitrogens with zero attached hydrogens (tertiary/aromatic N) is 1. The zero-order valence-corrected chi connectivity index (χ0v) is 21.8. The van der Waals surface area contributed by atoms with E-state index < -0.39 is 45.9 Å². The molecule has 0 saturated carbocycles. The Morgan fingerprint density at radius 2 is 1.87 bits per heavy atom. The van der Waals surface area contributed by atoms with Gasteiger partial charge in [0.25, 0.3) is 5.91 Å². The summed E-state index contributed by atoms with van der Waals surface area (Å²) in [6.07, 6.45) is 5.07. The van der Waals surface area contributed by atoms with E-state index in [2.05, 4.69) is 10.7 Å². The molecule has 0 aliphatic carbocycles. The summed E-state index contributed by atoms with van der Waals surface area (Å²) >= 11 is 0. The maximum atomic E-state index is 14.0. The highest BCUT2D eigenvalue weighted by Gasteiger charge is 2.26. The summed E-state index contributed by atoms with van der Waals surface area (Å²) in [6, 6.07) is 11.3. The zero-order chi connectivity index (χ0) is 27.7. The Hall–Kier alpha value is -4.22. The molecular weight excluding hydrogens is 534 g/mol. The van der Waals surface area contributed by atoms with Crippen LogP contribution in [0.1, 0.15) is 45.3 Å². The van der Waals surface area contributed by atoms with Crippen LogP contribution in [0.15, 0.2) is 71.7 Å². The summed E-state index contributed by atoms with van der Waals surface area (Å²) in [4.78, 5) is 38.5. The number of aromatic nitrogens is 1. The van der Waals surface area contributed by atoms with E-state index in [1.807, 2.05) is 0 Å². The van der Waals surface area contributed by atoms with Crippen LogP contribution in [0.4, 0.5) is 8.78 Å². The molecule has 9 nitrogen and oxygen atoms in total. The summed E-state index contributed by atoms with van der Waals surface area (Å²) in [5.74, 6) is -4.53. The van der Waals surface area contributed by atoms with Crippen LogP contribution in [0, 0.1) is 11.6 Å². The monoisotopic (exact) mass is 562 g/mol. The van der Waals surface area contributed by atoms with E-state index in [0.29, 0.717) is 24.6 Å². The highest BCUT2D eigenvalue weighted by atomic mass is 35.5. The lowest BCUT2D eigenvalue weighted by atomic mass is 10.1. The molecule has 0 radical (unpaired) electrons. The third-order valence-corrected chi connectivity index (χ3v) is 5.44. The van der Waals surface area contributed by atoms with Crippen LogP contribution in [-0.4, -0.2) is 34.2 Å². The summed E-state index contributed by atoms with van der Waals surface area (Å²) in [6.45, 7) is 1.64. The third kappa shape index (κ3) is 8.39. The predicted molar refractivity (Wildman–Crippen MR) is 145 cm³/mol. The third-order valence-electron chi connectivity index (χ3n) is 5.44. The minimum atomic E-state index is -1.46. The van der Waals surface area contributed by atoms with Crippen molar-refractivity contribution >= 4 is 24.3 Å². The maximum Gasteiger partial charge on any atom is 0.358 e. The van der Waals surface area contributed by atoms with Gasteiger partial charge in [-0.1, -0.05) is 48.6 Å². The number of hydrogen-bond donors (Lipinski definition) is 4. The molecule has 1 amide bonds. The second kappa shape index (κ2) is 14.6. The van der Waals surface area contributed by atoms with E-state index in [0.717, 1.165) is 16.9 Å². The number of carboxylic acids is 1. The van der Waals surface area contributed by atoms with E-state index in [1.165, 1.54) is 6.07 Å². The van der Waals surface area contributed by atoms with Crippen molar-refractivity contribution in [3.05, 3.63) is 111 Å². The molecule has 1 aromatic heterocycles. The highest BCUT2D eigenvalue weighted by molar-refractivity contribution is 5.96. The number of aromatic carboxylic acids is 1. The number of carboxylic acid groups (broad SMARTS) is 1. The van der Waals surface area contributed by atoms with Crippen molar-refractivity contribution < 1.29 is 28.2 Å². The largest absolute Gasteiger partial charge is 0.482 e. The number of ether oxygens (including phenoxy) is 1. The van der Waals surface area contributed by atoms with Gasteiger partial charge in [-0.05, 0) is 25.0 Å². The average molecular weight is 563 g/mol. The van der Waals surface area contributed by atoms with E-state index in [-0.39, 0.29) is 37.2 Å². The van der Waals surface area contributed by atoms with Gasteiger partial charge in [-0.2, -0.15) is 0 Å². The normalized spacial score (nSPS) is 11.5. The lowest BCUT2D eigenvalue weighted by molar-refractivity contribution is 0.0677. The summed E-state index contributed by atoms with van der Waals surface area (Å²) in [7, 11) is 0. The fraction of sp³-hybridized carbons (Fsp3) is 0.222. The molecule has 1 heterocycles. The van der Waals surface area contributed by atoms with Crippen molar-refractivity contribution in [2.45, 2.75) is 32.5 Å². The van der Waals surface area contributed by atoms with E-state index in [9.17, 15) is 28.3 Å². The number of hydrogen-bond acceptors (Lipinski definition) is 6. The standard InChI is InChI=1S/C27H28F2N4O5.ClH/c1-17(7-5-6-12-30)32-33-15-21(26(35)31-14-19-10-11-20(28)13-22(19)29)24(34)25(23(33)27(36)37)38-16-18-8-3-2-4-9-18;/h2-6,8-11,13,15,17,32H,7,12,14,16,30H2,1H3,(H,31,35)(H,36,37);1H/b6-5-;/t17-;/m0./s1. The van der Waals surface area contributed by atoms with E-state index in [1.54, 1.807) is 49.4 Å². The number of rotatable bonds is 12. The summed E-state index contributed by atoms with van der Waals surface area (Å²) in [5.41, 5.74) is 7.19. The van der Waals surface area contributed by atoms with Crippen LogP contribution in [0.5, 0.6) is 5.75 Å². The molecular formula is C27H29ClF2N4O5. The molecule has 0 unspecified atom stereocenters. The fourth-order valence-corrected chi connectivity index (χ4v) is 3.54. The molecule has 0 aliphatic rings. The van der Waals surface area contributed by atoms with Crippen LogP contribution in [0.25, 0.3) is 0 Å². The SMILES string of the molecule is C[C@@H](C/C=C\CN)Nn1cc(C(=O)NCc2ccc(F)cc2F)c(=O)c(OCc2ccccc2)c1C(=O)O.Cl. The highest BCUT2D eigenvalue weighted by Crippen LogP contribution is 2.18. The van der Waals surface area contributed by atoms with Crippen LogP contribution in [0.3, 0.4) is 0 Å². The molecule has 2 aromatic carbocycles. The molecule has 0 aliphatic heterocycles. The van der Waals surface area contributed by atoms with Crippen LogP contribution < -0.4 is 26.6 Å². The molecule has 0 bridgehead atoms. The van der Waals surface area contributed by atoms with Crippen molar-refractivity contribution in [1.29, 1.82) is 0 Å². The zero-order valence-electron chi connectivity index (χ0n) is 21.0. The Kier molecular flexibility index (Phi) is 11.6. The number of nitrogens with two attached hydrogens (primary N) is 1. The Morgan fingerprint density at radius 3 is 2.51 bits per heavy atom. The van der Waals surface area contributed by atoms with Gasteiger partial charge < -0.3 is 26.3 Å². The molecule has 0 spiro atoms. The van der Waals surface area contributed by atoms with Gasteiger partial charge in [-0.25, -0.2) is 13.6 Å². The second-order valence-corrected chi connectivity index (χ2v) is 8.39. The first-order valence-electron chi connectivity index (χ1n) is 11.7. The van der Waals surface area contributed by atoms with Gasteiger partial charge in [0.2, 0.25) is 11.2 Å². The summed E-state index contributed by atoms with van der Waals surface area (Å²) < 4.78 is 33.9. The number of benzene rings is 2. The number of pyridine rings is 1. The van der Waals surface area contributed by atoms with Gasteiger partial charge in [0.1, 0.15) is 23.8 Å². The Balaban J connectivity index is 0.00000533. The number of amides is 1. The van der Waals surface area contributed by atoms with Crippen LogP contribution in [-0.2, 0) is 13.2 Å². The van der Waals surface area contributed by atoms with Crippen molar-refractivity contribution in [2.75, 3.05) is 12.0 Å². The van der Waals surface area contributed by atoms with Crippen molar-refractivity contribution in [2.24, 2.45) is 5.73 Å². The number of carbonyl (C=O) groups is 2. The van der Waals surface area contributed by atoms with Gasteiger partial charge in [-0.15, -0.1) is 12.4 Å². The molecule has 5 N–H and O–H groups in total. The minimum absolute atomic E-state index is 0. The van der Waals surface area contributed by atoms with Gasteiger partial charge in [0, 0.05) is 37.0 Å². The molecule has 0 fully saturated rings. The van der Waals surface area contributed by atoms with Crippen molar-refractivity contribution in [3.63, 3.8) is 0 Å². The smallest absolute Gasteiger partial charge is 0.358 e. The van der Waals surface area contributed by atoms with Crippen molar-refractivity contribution in [3.8, 4) is 5.75 Å². The van der Waals surface area contributed by atoms with Gasteiger partial charge >= 0.3 is 5.97 Å². The molecule has 3 rings (SSSR count). The quantitative estimate of drug-likeness (QED) is 0.248. The Labute approximate surface area is 229 Å². The molecule has 1 atom stereocenters. The van der Waals surface area contributed by atoms with Gasteiger partial charge in [0.05, 0.1) is 0 Å². The predicted octanol–water partition coefficient (Wildman–Crippen LogP) is 3.59. The number of carbonyl (C=O) groups excluding carboxylic acids is 1. The van der Waals surface area contributed by atoms with Crippen molar-refractivity contribution in [1.82, 2.24) is 9.99 Å². The Morgan fingerprint density at radius 1 is 1.15 bits per heavy atom. The summed E-state index contributed by atoms with van der Waals surface area (Å²) in [5, 5.41) is 12.4. The maximum absolute atomic E-state index is 14.0. The van der Waals surface area contributed by atoms with Gasteiger partial charge in [0.15, 0.2) is 5.69 Å². The second-order valence-electron chi connectivity index (χ2n) is 8.39. The average Bonchev–Trinajstić information content (AvgIpc) is 2.88. The lowest BCUT2D eigenvalue weighted by Gasteiger charge is -2.21. The first-order chi connectivity index (χ1) is 18.2. The molecule has 208 valence electrons. The number of nitrogens with one attached hydrogen (secondary N) is 2. The fourth-order valence-electron chi connectivity index (χ4n) is 3.54.